The number of anilines is 1. The largest absolute Gasteiger partial charge is 0.372 e. The highest BCUT2D eigenvalue weighted by Crippen LogP contribution is 2.20. The molecule has 2 aromatic rings. The first-order valence-electron chi connectivity index (χ1n) is 9.07. The van der Waals surface area contributed by atoms with E-state index in [1.54, 1.807) is 12.1 Å². The van der Waals surface area contributed by atoms with Crippen LogP contribution in [0.4, 0.5) is 10.1 Å². The number of amides is 1. The second-order valence-electron chi connectivity index (χ2n) is 6.62. The third-order valence-corrected chi connectivity index (χ3v) is 6.41. The Kier molecular flexibility index (Phi) is 6.11. The molecule has 0 saturated carbocycles. The molecule has 1 aliphatic heterocycles. The summed E-state index contributed by atoms with van der Waals surface area (Å²) in [5.74, 6) is -1.04. The van der Waals surface area contributed by atoms with Crippen LogP contribution in [0.15, 0.2) is 53.4 Å². The maximum Gasteiger partial charge on any atom is 0.251 e. The van der Waals surface area contributed by atoms with Gasteiger partial charge in [0.1, 0.15) is 5.82 Å². The molecule has 1 aliphatic rings. The second kappa shape index (κ2) is 8.52. The third-order valence-electron chi connectivity index (χ3n) is 4.68. The van der Waals surface area contributed by atoms with Crippen LogP contribution >= 0.6 is 0 Å². The van der Waals surface area contributed by atoms with Crippen LogP contribution < -0.4 is 10.2 Å². The molecule has 0 atom stereocenters. The highest BCUT2D eigenvalue weighted by molar-refractivity contribution is 7.91. The monoisotopic (exact) mass is 390 g/mol. The number of hydrogen-bond donors (Lipinski definition) is 1. The molecule has 0 bridgehead atoms. The maximum atomic E-state index is 12.9. The van der Waals surface area contributed by atoms with Crippen molar-refractivity contribution in [3.63, 3.8) is 0 Å². The zero-order valence-electron chi connectivity index (χ0n) is 15.0. The third kappa shape index (κ3) is 5.07. The molecule has 1 N–H and O–H groups in total. The summed E-state index contributed by atoms with van der Waals surface area (Å²) in [5.41, 5.74) is 1.60. The summed E-state index contributed by atoms with van der Waals surface area (Å²) in [6, 6.07) is 12.0. The van der Waals surface area contributed by atoms with Gasteiger partial charge in [-0.05, 0) is 67.8 Å². The lowest BCUT2D eigenvalue weighted by molar-refractivity contribution is 0.0956. The van der Waals surface area contributed by atoms with Crippen molar-refractivity contribution in [3.05, 3.63) is 59.9 Å². The number of halogens is 1. The van der Waals surface area contributed by atoms with Crippen LogP contribution in [0.3, 0.4) is 0 Å². The molecule has 3 rings (SSSR count). The second-order valence-corrected chi connectivity index (χ2v) is 8.73. The number of benzene rings is 2. The van der Waals surface area contributed by atoms with E-state index in [1.807, 2.05) is 12.1 Å². The number of sulfone groups is 1. The van der Waals surface area contributed by atoms with Crippen molar-refractivity contribution in [2.75, 3.05) is 30.3 Å². The SMILES string of the molecule is O=C(NCCS(=O)(=O)c1ccc(F)cc1)c1ccc(N2CCCCC2)cc1. The van der Waals surface area contributed by atoms with E-state index in [1.165, 1.54) is 31.4 Å². The Morgan fingerprint density at radius 1 is 0.963 bits per heavy atom. The van der Waals surface area contributed by atoms with Gasteiger partial charge in [0.2, 0.25) is 0 Å². The summed E-state index contributed by atoms with van der Waals surface area (Å²) in [4.78, 5) is 14.6. The van der Waals surface area contributed by atoms with Crippen molar-refractivity contribution in [2.45, 2.75) is 24.2 Å². The number of carbonyl (C=O) groups excluding carboxylic acids is 1. The summed E-state index contributed by atoms with van der Waals surface area (Å²) in [6.07, 6.45) is 3.63. The zero-order chi connectivity index (χ0) is 19.3. The fourth-order valence-electron chi connectivity index (χ4n) is 3.14. The number of rotatable bonds is 6. The smallest absolute Gasteiger partial charge is 0.251 e. The Hall–Kier alpha value is -2.41. The van der Waals surface area contributed by atoms with Gasteiger partial charge in [-0.25, -0.2) is 12.8 Å². The summed E-state index contributed by atoms with van der Waals surface area (Å²) in [7, 11) is -3.56. The lowest BCUT2D eigenvalue weighted by Crippen LogP contribution is -2.30. The van der Waals surface area contributed by atoms with Crippen molar-refractivity contribution in [3.8, 4) is 0 Å². The molecular weight excluding hydrogens is 367 g/mol. The average molecular weight is 390 g/mol. The van der Waals surface area contributed by atoms with Gasteiger partial charge in [-0.2, -0.15) is 0 Å². The number of nitrogens with zero attached hydrogens (tertiary/aromatic N) is 1. The normalized spacial score (nSPS) is 14.8. The lowest BCUT2D eigenvalue weighted by atomic mass is 10.1. The minimum absolute atomic E-state index is 0.00752. The van der Waals surface area contributed by atoms with Crippen molar-refractivity contribution >= 4 is 21.4 Å². The Labute approximate surface area is 159 Å². The molecule has 2 aromatic carbocycles. The number of hydrogen-bond acceptors (Lipinski definition) is 4. The molecule has 0 unspecified atom stereocenters. The van der Waals surface area contributed by atoms with Crippen LogP contribution in [0.25, 0.3) is 0 Å². The van der Waals surface area contributed by atoms with Crippen LogP contribution in [0.1, 0.15) is 29.6 Å². The van der Waals surface area contributed by atoms with E-state index in [4.69, 9.17) is 0 Å². The summed E-state index contributed by atoms with van der Waals surface area (Å²) in [5, 5.41) is 2.63. The summed E-state index contributed by atoms with van der Waals surface area (Å²) >= 11 is 0. The van der Waals surface area contributed by atoms with E-state index in [2.05, 4.69) is 10.2 Å². The molecule has 1 amide bonds. The minimum atomic E-state index is -3.56. The summed E-state index contributed by atoms with van der Waals surface area (Å²) < 4.78 is 37.3. The van der Waals surface area contributed by atoms with Crippen LogP contribution in [-0.2, 0) is 9.84 Å². The van der Waals surface area contributed by atoms with E-state index in [9.17, 15) is 17.6 Å². The molecule has 0 radical (unpaired) electrons. The molecular formula is C20H23FN2O3S. The van der Waals surface area contributed by atoms with Gasteiger partial charge in [0.05, 0.1) is 10.6 Å². The van der Waals surface area contributed by atoms with Crippen molar-refractivity contribution in [1.29, 1.82) is 0 Å². The van der Waals surface area contributed by atoms with Gasteiger partial charge >= 0.3 is 0 Å². The van der Waals surface area contributed by atoms with Gasteiger partial charge < -0.3 is 10.2 Å². The molecule has 1 fully saturated rings. The molecule has 5 nitrogen and oxygen atoms in total. The predicted octanol–water partition coefficient (Wildman–Crippen LogP) is 3.02. The van der Waals surface area contributed by atoms with Gasteiger partial charge in [0.25, 0.3) is 5.91 Å². The lowest BCUT2D eigenvalue weighted by Gasteiger charge is -2.28. The Bertz CT molecular complexity index is 874. The van der Waals surface area contributed by atoms with Gasteiger partial charge in [-0.15, -0.1) is 0 Å². The number of piperidine rings is 1. The fourth-order valence-corrected chi connectivity index (χ4v) is 4.29. The first kappa shape index (κ1) is 19.4. The fraction of sp³-hybridized carbons (Fsp3) is 0.350. The standard InChI is InChI=1S/C20H23FN2O3S/c21-17-6-10-19(11-7-17)27(25,26)15-12-22-20(24)16-4-8-18(9-5-16)23-13-2-1-3-14-23/h4-11H,1-3,12-15H2,(H,22,24). The molecule has 1 heterocycles. The highest BCUT2D eigenvalue weighted by Gasteiger charge is 2.16. The molecule has 0 aromatic heterocycles. The molecule has 1 saturated heterocycles. The van der Waals surface area contributed by atoms with E-state index in [0.717, 1.165) is 30.9 Å². The van der Waals surface area contributed by atoms with Crippen molar-refractivity contribution < 1.29 is 17.6 Å². The predicted molar refractivity (Wildman–Crippen MR) is 103 cm³/mol. The van der Waals surface area contributed by atoms with E-state index >= 15 is 0 Å². The quantitative estimate of drug-likeness (QED) is 0.770. The molecule has 0 aliphatic carbocycles. The minimum Gasteiger partial charge on any atom is -0.372 e. The molecule has 0 spiro atoms. The Balaban J connectivity index is 1.53. The first-order valence-corrected chi connectivity index (χ1v) is 10.7. The Morgan fingerprint density at radius 2 is 1.59 bits per heavy atom. The average Bonchev–Trinajstić information content (AvgIpc) is 2.69. The van der Waals surface area contributed by atoms with Crippen LogP contribution in [0, 0.1) is 5.82 Å². The topological polar surface area (TPSA) is 66.5 Å². The zero-order valence-corrected chi connectivity index (χ0v) is 15.8. The molecule has 144 valence electrons. The van der Waals surface area contributed by atoms with Crippen molar-refractivity contribution in [1.82, 2.24) is 5.32 Å². The molecule has 7 heteroatoms. The van der Waals surface area contributed by atoms with Gasteiger partial charge in [0, 0.05) is 30.9 Å². The van der Waals surface area contributed by atoms with E-state index in [-0.39, 0.29) is 23.1 Å². The number of nitrogens with one attached hydrogen (secondary N) is 1. The van der Waals surface area contributed by atoms with Crippen LogP contribution in [-0.4, -0.2) is 39.7 Å². The number of carbonyl (C=O) groups is 1. The van der Waals surface area contributed by atoms with Gasteiger partial charge in [-0.1, -0.05) is 0 Å². The molecule has 27 heavy (non-hydrogen) atoms. The summed E-state index contributed by atoms with van der Waals surface area (Å²) in [6.45, 7) is 2.06. The van der Waals surface area contributed by atoms with Crippen LogP contribution in [0.5, 0.6) is 0 Å². The van der Waals surface area contributed by atoms with Gasteiger partial charge in [-0.3, -0.25) is 4.79 Å². The highest BCUT2D eigenvalue weighted by atomic mass is 32.2. The van der Waals surface area contributed by atoms with E-state index in [0.29, 0.717) is 5.56 Å². The first-order chi connectivity index (χ1) is 13.0. The van der Waals surface area contributed by atoms with E-state index < -0.39 is 15.7 Å². The van der Waals surface area contributed by atoms with Crippen LogP contribution in [0.2, 0.25) is 0 Å². The van der Waals surface area contributed by atoms with Crippen molar-refractivity contribution in [2.24, 2.45) is 0 Å². The Morgan fingerprint density at radius 3 is 2.22 bits per heavy atom. The maximum absolute atomic E-state index is 12.9. The van der Waals surface area contributed by atoms with Gasteiger partial charge in [0.15, 0.2) is 9.84 Å².